The molecule has 0 radical (unpaired) electrons. The Balaban J connectivity index is 2.02. The second-order valence-corrected chi connectivity index (χ2v) is 5.07. The molecule has 0 atom stereocenters. The van der Waals surface area contributed by atoms with Crippen molar-refractivity contribution in [3.63, 3.8) is 0 Å². The van der Waals surface area contributed by atoms with E-state index in [0.717, 1.165) is 24.0 Å². The highest BCUT2D eigenvalue weighted by Gasteiger charge is 2.16. The molecule has 1 saturated heterocycles. The minimum Gasteiger partial charge on any atom is -0.507 e. The molecule has 0 saturated carbocycles. The van der Waals surface area contributed by atoms with Crippen molar-refractivity contribution in [3.8, 4) is 5.75 Å². The van der Waals surface area contributed by atoms with E-state index >= 15 is 0 Å². The first-order valence-electron chi connectivity index (χ1n) is 6.82. The molecule has 0 aliphatic carbocycles. The monoisotopic (exact) mass is 244 g/mol. The van der Waals surface area contributed by atoms with Gasteiger partial charge in [0.25, 0.3) is 0 Å². The van der Waals surface area contributed by atoms with Crippen molar-refractivity contribution in [2.45, 2.75) is 32.9 Å². The molecule has 2 heterocycles. The lowest BCUT2D eigenvalue weighted by molar-refractivity contribution is 0.322. The first kappa shape index (κ1) is 11.6. The number of phenols is 1. The van der Waals surface area contributed by atoms with Crippen molar-refractivity contribution < 1.29 is 5.11 Å². The normalized spacial score (nSPS) is 16.7. The maximum atomic E-state index is 9.94. The van der Waals surface area contributed by atoms with Crippen molar-refractivity contribution in [3.05, 3.63) is 30.0 Å². The lowest BCUT2D eigenvalue weighted by atomic mass is 10.2. The summed E-state index contributed by atoms with van der Waals surface area (Å²) >= 11 is 0. The molecule has 1 fully saturated rings. The fourth-order valence-corrected chi connectivity index (χ4v) is 3.00. The summed E-state index contributed by atoms with van der Waals surface area (Å²) in [4.78, 5) is 2.50. The van der Waals surface area contributed by atoms with Crippen LogP contribution in [0.3, 0.4) is 0 Å². The summed E-state index contributed by atoms with van der Waals surface area (Å²) in [7, 11) is 0. The van der Waals surface area contributed by atoms with E-state index in [1.54, 1.807) is 6.07 Å². The average molecular weight is 244 g/mol. The topological polar surface area (TPSA) is 28.4 Å². The van der Waals surface area contributed by atoms with Crippen LogP contribution in [-0.2, 0) is 13.1 Å². The predicted octanol–water partition coefficient (Wildman–Crippen LogP) is 2.96. The fraction of sp³-hybridized carbons (Fsp3) is 0.467. The third-order valence-electron chi connectivity index (χ3n) is 3.91. The zero-order valence-electron chi connectivity index (χ0n) is 10.9. The summed E-state index contributed by atoms with van der Waals surface area (Å²) in [5.41, 5.74) is 2.46. The Hall–Kier alpha value is -1.48. The van der Waals surface area contributed by atoms with Gasteiger partial charge in [0.05, 0.1) is 5.52 Å². The molecular formula is C15H20N2O. The van der Waals surface area contributed by atoms with Gasteiger partial charge in [0.1, 0.15) is 5.75 Å². The summed E-state index contributed by atoms with van der Waals surface area (Å²) < 4.78 is 2.31. The molecule has 96 valence electrons. The third kappa shape index (κ3) is 1.89. The van der Waals surface area contributed by atoms with Gasteiger partial charge in [0.2, 0.25) is 0 Å². The number of nitrogens with zero attached hydrogens (tertiary/aromatic N) is 2. The second kappa shape index (κ2) is 4.65. The maximum Gasteiger partial charge on any atom is 0.124 e. The molecule has 0 unspecified atom stereocenters. The van der Waals surface area contributed by atoms with Gasteiger partial charge in [0.15, 0.2) is 0 Å². The van der Waals surface area contributed by atoms with E-state index in [0.29, 0.717) is 5.75 Å². The van der Waals surface area contributed by atoms with Crippen LogP contribution in [0, 0.1) is 0 Å². The van der Waals surface area contributed by atoms with E-state index in [9.17, 15) is 5.11 Å². The number of phenolic OH excluding ortho intramolecular Hbond substituents is 1. The molecule has 1 aliphatic rings. The standard InChI is InChI=1S/C15H20N2O/c1-2-17-12(11-16-8-3-4-9-16)10-13-14(17)6-5-7-15(13)18/h5-7,10,18H,2-4,8-9,11H2,1H3. The fourth-order valence-electron chi connectivity index (χ4n) is 3.00. The Morgan fingerprint density at radius 1 is 1.22 bits per heavy atom. The Kier molecular flexibility index (Phi) is 3.00. The highest BCUT2D eigenvalue weighted by atomic mass is 16.3. The van der Waals surface area contributed by atoms with Crippen molar-refractivity contribution in [1.29, 1.82) is 0 Å². The number of aromatic hydroxyl groups is 1. The number of rotatable bonds is 3. The summed E-state index contributed by atoms with van der Waals surface area (Å²) in [5, 5.41) is 10.9. The Morgan fingerprint density at radius 3 is 2.72 bits per heavy atom. The van der Waals surface area contributed by atoms with E-state index in [2.05, 4.69) is 28.5 Å². The smallest absolute Gasteiger partial charge is 0.124 e. The molecular weight excluding hydrogens is 224 g/mol. The minimum absolute atomic E-state index is 0.391. The van der Waals surface area contributed by atoms with Gasteiger partial charge in [-0.2, -0.15) is 0 Å². The first-order valence-corrected chi connectivity index (χ1v) is 6.82. The van der Waals surface area contributed by atoms with Crippen LogP contribution in [0.15, 0.2) is 24.3 Å². The Bertz CT molecular complexity index is 553. The van der Waals surface area contributed by atoms with Crippen LogP contribution in [0.5, 0.6) is 5.75 Å². The van der Waals surface area contributed by atoms with Crippen LogP contribution in [0.1, 0.15) is 25.5 Å². The van der Waals surface area contributed by atoms with E-state index in [1.807, 2.05) is 6.07 Å². The van der Waals surface area contributed by atoms with Crippen LogP contribution in [-0.4, -0.2) is 27.7 Å². The number of benzene rings is 1. The minimum atomic E-state index is 0.391. The van der Waals surface area contributed by atoms with Crippen LogP contribution in [0.2, 0.25) is 0 Å². The largest absolute Gasteiger partial charge is 0.507 e. The third-order valence-corrected chi connectivity index (χ3v) is 3.91. The molecule has 3 heteroatoms. The zero-order valence-corrected chi connectivity index (χ0v) is 10.9. The number of hydrogen-bond acceptors (Lipinski definition) is 2. The zero-order chi connectivity index (χ0) is 12.5. The summed E-state index contributed by atoms with van der Waals surface area (Å²) in [6, 6.07) is 7.92. The van der Waals surface area contributed by atoms with Gasteiger partial charge >= 0.3 is 0 Å². The first-order chi connectivity index (χ1) is 8.79. The van der Waals surface area contributed by atoms with Crippen LogP contribution in [0.25, 0.3) is 10.9 Å². The molecule has 0 spiro atoms. The van der Waals surface area contributed by atoms with Gasteiger partial charge in [-0.15, -0.1) is 0 Å². The number of likely N-dealkylation sites (tertiary alicyclic amines) is 1. The van der Waals surface area contributed by atoms with Gasteiger partial charge in [-0.3, -0.25) is 4.90 Å². The highest BCUT2D eigenvalue weighted by Crippen LogP contribution is 2.29. The summed E-state index contributed by atoms with van der Waals surface area (Å²) in [6.07, 6.45) is 2.63. The van der Waals surface area contributed by atoms with Crippen molar-refractivity contribution >= 4 is 10.9 Å². The van der Waals surface area contributed by atoms with E-state index in [1.165, 1.54) is 31.6 Å². The Morgan fingerprint density at radius 2 is 2.00 bits per heavy atom. The molecule has 2 aromatic rings. The summed E-state index contributed by atoms with van der Waals surface area (Å²) in [5.74, 6) is 0.391. The van der Waals surface area contributed by atoms with E-state index < -0.39 is 0 Å². The average Bonchev–Trinajstić information content (AvgIpc) is 2.97. The highest BCUT2D eigenvalue weighted by molar-refractivity contribution is 5.87. The van der Waals surface area contributed by atoms with E-state index in [4.69, 9.17) is 0 Å². The van der Waals surface area contributed by atoms with Gasteiger partial charge in [0, 0.05) is 24.2 Å². The molecule has 0 bridgehead atoms. The van der Waals surface area contributed by atoms with Gasteiger partial charge in [-0.25, -0.2) is 0 Å². The van der Waals surface area contributed by atoms with Gasteiger partial charge in [-0.05, 0) is 51.1 Å². The number of aromatic nitrogens is 1. The molecule has 3 nitrogen and oxygen atoms in total. The molecule has 1 aromatic heterocycles. The number of fused-ring (bicyclic) bond motifs is 1. The van der Waals surface area contributed by atoms with Gasteiger partial charge < -0.3 is 9.67 Å². The molecule has 3 rings (SSSR count). The van der Waals surface area contributed by atoms with Crippen molar-refractivity contribution in [2.24, 2.45) is 0 Å². The van der Waals surface area contributed by atoms with Crippen molar-refractivity contribution in [2.75, 3.05) is 13.1 Å². The number of aryl methyl sites for hydroxylation is 1. The van der Waals surface area contributed by atoms with Crippen LogP contribution in [0.4, 0.5) is 0 Å². The molecule has 1 N–H and O–H groups in total. The lowest BCUT2D eigenvalue weighted by Crippen LogP contribution is -2.20. The lowest BCUT2D eigenvalue weighted by Gasteiger charge is -2.16. The van der Waals surface area contributed by atoms with Crippen LogP contribution < -0.4 is 0 Å². The molecule has 18 heavy (non-hydrogen) atoms. The Labute approximate surface area is 108 Å². The van der Waals surface area contributed by atoms with E-state index in [-0.39, 0.29) is 0 Å². The predicted molar refractivity (Wildman–Crippen MR) is 73.8 cm³/mol. The molecule has 0 amide bonds. The van der Waals surface area contributed by atoms with Gasteiger partial charge in [-0.1, -0.05) is 6.07 Å². The molecule has 1 aliphatic heterocycles. The van der Waals surface area contributed by atoms with Crippen molar-refractivity contribution in [1.82, 2.24) is 9.47 Å². The summed E-state index contributed by atoms with van der Waals surface area (Å²) in [6.45, 7) is 6.53. The van der Waals surface area contributed by atoms with Crippen LogP contribution >= 0.6 is 0 Å². The molecule has 1 aromatic carbocycles. The SMILES string of the molecule is CCn1c(CN2CCCC2)cc2c(O)cccc21. The quantitative estimate of drug-likeness (QED) is 0.899. The maximum absolute atomic E-state index is 9.94. The number of hydrogen-bond donors (Lipinski definition) is 1. The second-order valence-electron chi connectivity index (χ2n) is 5.07.